The number of benzene rings is 2. The highest BCUT2D eigenvalue weighted by molar-refractivity contribution is 6.11. The number of fused-ring (bicyclic) bond motifs is 2. The van der Waals surface area contributed by atoms with Crippen LogP contribution in [0, 0.1) is 17.0 Å². The van der Waals surface area contributed by atoms with Crippen molar-refractivity contribution in [2.24, 2.45) is 5.10 Å². The Bertz CT molecular complexity index is 1550. The molecule has 0 unspecified atom stereocenters. The van der Waals surface area contributed by atoms with Gasteiger partial charge in [0.1, 0.15) is 5.76 Å². The van der Waals surface area contributed by atoms with E-state index in [9.17, 15) is 19.7 Å². The molecule has 1 aliphatic rings. The summed E-state index contributed by atoms with van der Waals surface area (Å²) in [5.74, 6) is -0.146. The van der Waals surface area contributed by atoms with Crippen LogP contribution in [-0.4, -0.2) is 27.4 Å². The largest absolute Gasteiger partial charge is 0.455 e. The predicted molar refractivity (Wildman–Crippen MR) is 133 cm³/mol. The minimum Gasteiger partial charge on any atom is -0.455 e. The van der Waals surface area contributed by atoms with Crippen molar-refractivity contribution in [2.75, 3.05) is 5.32 Å². The zero-order valence-corrected chi connectivity index (χ0v) is 19.3. The number of carbonyl (C=O) groups is 2. The van der Waals surface area contributed by atoms with Gasteiger partial charge in [0.2, 0.25) is 0 Å². The van der Waals surface area contributed by atoms with E-state index in [1.54, 1.807) is 25.3 Å². The Labute approximate surface area is 205 Å². The SMILES string of the molecule is Cc1c(C(=O)Nc2cccc3ncccc23)oc2c1/C(=N/NC(=O)c1cccc([N+](=O)[O-])c1)CCC2. The van der Waals surface area contributed by atoms with Gasteiger partial charge in [-0.3, -0.25) is 24.7 Å². The molecule has 2 aromatic carbocycles. The lowest BCUT2D eigenvalue weighted by Crippen LogP contribution is -2.22. The molecule has 0 fully saturated rings. The van der Waals surface area contributed by atoms with Gasteiger partial charge in [0.05, 0.1) is 21.8 Å². The van der Waals surface area contributed by atoms with Crippen molar-refractivity contribution < 1.29 is 18.9 Å². The summed E-state index contributed by atoms with van der Waals surface area (Å²) in [6.07, 6.45) is 3.65. The first-order chi connectivity index (χ1) is 17.4. The van der Waals surface area contributed by atoms with Crippen LogP contribution < -0.4 is 10.7 Å². The molecule has 2 amide bonds. The zero-order valence-electron chi connectivity index (χ0n) is 19.3. The second-order valence-corrected chi connectivity index (χ2v) is 8.34. The third-order valence-electron chi connectivity index (χ3n) is 6.04. The fraction of sp³-hybridized carbons (Fsp3) is 0.154. The topological polar surface area (TPSA) is 140 Å². The molecule has 10 heteroatoms. The van der Waals surface area contributed by atoms with Gasteiger partial charge in [-0.1, -0.05) is 12.1 Å². The number of nitro benzene ring substituents is 1. The molecule has 0 spiro atoms. The maximum Gasteiger partial charge on any atom is 0.291 e. The van der Waals surface area contributed by atoms with E-state index >= 15 is 0 Å². The summed E-state index contributed by atoms with van der Waals surface area (Å²) in [6.45, 7) is 1.78. The molecule has 5 rings (SSSR count). The molecule has 0 saturated heterocycles. The van der Waals surface area contributed by atoms with Crippen LogP contribution in [0.5, 0.6) is 0 Å². The number of hydrazone groups is 1. The third-order valence-corrected chi connectivity index (χ3v) is 6.04. The molecular weight excluding hydrogens is 462 g/mol. The molecule has 0 saturated carbocycles. The van der Waals surface area contributed by atoms with Crippen molar-refractivity contribution in [1.29, 1.82) is 0 Å². The number of carbonyl (C=O) groups excluding carboxylic acids is 2. The molecule has 180 valence electrons. The third kappa shape index (κ3) is 4.31. The smallest absolute Gasteiger partial charge is 0.291 e. The molecule has 2 aromatic heterocycles. The number of amides is 2. The Morgan fingerprint density at radius 3 is 2.75 bits per heavy atom. The number of pyridine rings is 1. The second kappa shape index (κ2) is 9.41. The maximum atomic E-state index is 13.2. The fourth-order valence-electron chi connectivity index (χ4n) is 4.33. The number of nitrogens with one attached hydrogen (secondary N) is 2. The fourth-order valence-corrected chi connectivity index (χ4v) is 4.33. The van der Waals surface area contributed by atoms with Gasteiger partial charge in [-0.05, 0) is 50.1 Å². The highest BCUT2D eigenvalue weighted by atomic mass is 16.6. The highest BCUT2D eigenvalue weighted by Crippen LogP contribution is 2.31. The Morgan fingerprint density at radius 1 is 1.08 bits per heavy atom. The molecular formula is C26H21N5O5. The minimum atomic E-state index is -0.568. The van der Waals surface area contributed by atoms with Crippen LogP contribution in [0.3, 0.4) is 0 Å². The van der Waals surface area contributed by atoms with Crippen molar-refractivity contribution in [2.45, 2.75) is 26.2 Å². The van der Waals surface area contributed by atoms with E-state index in [-0.39, 0.29) is 17.0 Å². The molecule has 36 heavy (non-hydrogen) atoms. The van der Waals surface area contributed by atoms with Crippen LogP contribution in [0.1, 0.15) is 50.6 Å². The summed E-state index contributed by atoms with van der Waals surface area (Å²) in [5, 5.41) is 19.0. The number of aryl methyl sites for hydroxylation is 1. The summed E-state index contributed by atoms with van der Waals surface area (Å²) in [7, 11) is 0. The lowest BCUT2D eigenvalue weighted by molar-refractivity contribution is -0.384. The van der Waals surface area contributed by atoms with Crippen molar-refractivity contribution in [3.63, 3.8) is 0 Å². The second-order valence-electron chi connectivity index (χ2n) is 8.34. The van der Waals surface area contributed by atoms with E-state index < -0.39 is 16.7 Å². The van der Waals surface area contributed by atoms with Crippen LogP contribution in [-0.2, 0) is 6.42 Å². The maximum absolute atomic E-state index is 13.2. The summed E-state index contributed by atoms with van der Waals surface area (Å²) < 4.78 is 5.95. The van der Waals surface area contributed by atoms with Gasteiger partial charge < -0.3 is 9.73 Å². The van der Waals surface area contributed by atoms with Gasteiger partial charge in [-0.25, -0.2) is 5.43 Å². The molecule has 0 radical (unpaired) electrons. The van der Waals surface area contributed by atoms with Gasteiger partial charge in [0.15, 0.2) is 5.76 Å². The van der Waals surface area contributed by atoms with Crippen LogP contribution >= 0.6 is 0 Å². The van der Waals surface area contributed by atoms with Crippen molar-refractivity contribution in [3.8, 4) is 0 Å². The number of hydrogen-bond donors (Lipinski definition) is 2. The summed E-state index contributed by atoms with van der Waals surface area (Å²) in [4.78, 5) is 40.4. The average molecular weight is 483 g/mol. The Kier molecular flexibility index (Phi) is 5.99. The molecule has 0 aliphatic heterocycles. The number of nitro groups is 1. The summed E-state index contributed by atoms with van der Waals surface area (Å²) in [5.41, 5.74) is 5.72. The van der Waals surface area contributed by atoms with Crippen LogP contribution in [0.2, 0.25) is 0 Å². The molecule has 2 heterocycles. The molecule has 0 atom stereocenters. The van der Waals surface area contributed by atoms with Gasteiger partial charge in [-0.15, -0.1) is 0 Å². The van der Waals surface area contributed by atoms with E-state index in [1.807, 2.05) is 18.2 Å². The normalized spacial score (nSPS) is 13.9. The number of rotatable bonds is 5. The van der Waals surface area contributed by atoms with Gasteiger partial charge in [0, 0.05) is 46.8 Å². The number of hydrogen-bond acceptors (Lipinski definition) is 7. The van der Waals surface area contributed by atoms with E-state index in [4.69, 9.17) is 4.42 Å². The summed E-state index contributed by atoms with van der Waals surface area (Å²) in [6, 6.07) is 14.6. The quantitative estimate of drug-likeness (QED) is 0.310. The first-order valence-corrected chi connectivity index (χ1v) is 11.3. The van der Waals surface area contributed by atoms with Gasteiger partial charge in [0.25, 0.3) is 17.5 Å². The van der Waals surface area contributed by atoms with Gasteiger partial charge >= 0.3 is 0 Å². The standard InChI is InChI=1S/C26H21N5O5/c1-15-23-21(29-30-25(32)16-6-2-7-17(14-16)31(34)35)11-4-12-22(23)36-24(15)26(33)28-20-10-3-9-19-18(20)8-5-13-27-19/h2-3,5-10,13-14H,4,11-12H2,1H3,(H,28,33)(H,30,32)/b29-21+. The van der Waals surface area contributed by atoms with Crippen molar-refractivity contribution in [1.82, 2.24) is 10.4 Å². The lowest BCUT2D eigenvalue weighted by Gasteiger charge is -2.13. The number of non-ortho nitro benzene ring substituents is 1. The highest BCUT2D eigenvalue weighted by Gasteiger charge is 2.28. The van der Waals surface area contributed by atoms with E-state index in [2.05, 4.69) is 20.8 Å². The van der Waals surface area contributed by atoms with Crippen LogP contribution in [0.15, 0.2) is 70.3 Å². The number of anilines is 1. The van der Waals surface area contributed by atoms with E-state index in [1.165, 1.54) is 24.3 Å². The van der Waals surface area contributed by atoms with Crippen molar-refractivity contribution in [3.05, 3.63) is 99.1 Å². The molecule has 0 bridgehead atoms. The van der Waals surface area contributed by atoms with Crippen molar-refractivity contribution >= 4 is 39.8 Å². The number of aromatic nitrogens is 1. The molecule has 4 aromatic rings. The molecule has 10 nitrogen and oxygen atoms in total. The Morgan fingerprint density at radius 2 is 1.92 bits per heavy atom. The number of furan rings is 1. The minimum absolute atomic E-state index is 0.123. The summed E-state index contributed by atoms with van der Waals surface area (Å²) >= 11 is 0. The molecule has 1 aliphatic carbocycles. The Hall–Kier alpha value is -4.86. The first-order valence-electron chi connectivity index (χ1n) is 11.3. The van der Waals surface area contributed by atoms with E-state index in [0.29, 0.717) is 41.1 Å². The van der Waals surface area contributed by atoms with E-state index in [0.717, 1.165) is 17.3 Å². The predicted octanol–water partition coefficient (Wildman–Crippen LogP) is 4.77. The molecule has 2 N–H and O–H groups in total. The lowest BCUT2D eigenvalue weighted by atomic mass is 9.93. The average Bonchev–Trinajstić information content (AvgIpc) is 3.24. The first kappa shape index (κ1) is 22.9. The van der Waals surface area contributed by atoms with Crippen LogP contribution in [0.4, 0.5) is 11.4 Å². The zero-order chi connectivity index (χ0) is 25.2. The number of nitrogens with zero attached hydrogens (tertiary/aromatic N) is 3. The monoisotopic (exact) mass is 483 g/mol. The van der Waals surface area contributed by atoms with Crippen LogP contribution in [0.25, 0.3) is 10.9 Å². The van der Waals surface area contributed by atoms with Gasteiger partial charge in [-0.2, -0.15) is 5.10 Å². The Balaban J connectivity index is 1.40.